The number of fused-ring (bicyclic) bond motifs is 1. The quantitative estimate of drug-likeness (QED) is 0.376. The lowest BCUT2D eigenvalue weighted by molar-refractivity contribution is 0.272. The number of aliphatic imine (C=N–C) groups is 1. The number of guanidine groups is 1. The Kier molecular flexibility index (Phi) is 7.15. The van der Waals surface area contributed by atoms with Crippen molar-refractivity contribution in [1.82, 2.24) is 5.32 Å². The predicted octanol–water partition coefficient (Wildman–Crippen LogP) is 5.30. The Labute approximate surface area is 183 Å². The van der Waals surface area contributed by atoms with Gasteiger partial charge in [0, 0.05) is 12.2 Å². The lowest BCUT2D eigenvalue weighted by atomic mass is 9.81. The van der Waals surface area contributed by atoms with Crippen LogP contribution in [0.5, 0.6) is 0 Å². The Hall–Kier alpha value is -2.92. The SMILES string of the molecule is NCC1CCCC(CNC(=NCc2cccc3ccccc23)Nc2cccc(F)c2)C1. The molecule has 31 heavy (non-hydrogen) atoms. The molecule has 0 aliphatic heterocycles. The van der Waals surface area contributed by atoms with E-state index in [9.17, 15) is 4.39 Å². The molecule has 0 bridgehead atoms. The summed E-state index contributed by atoms with van der Waals surface area (Å²) in [5.41, 5.74) is 7.76. The highest BCUT2D eigenvalue weighted by atomic mass is 19.1. The molecule has 5 heteroatoms. The van der Waals surface area contributed by atoms with Gasteiger partial charge in [-0.15, -0.1) is 0 Å². The molecule has 4 rings (SSSR count). The van der Waals surface area contributed by atoms with Gasteiger partial charge in [-0.2, -0.15) is 0 Å². The molecule has 162 valence electrons. The van der Waals surface area contributed by atoms with Crippen LogP contribution >= 0.6 is 0 Å². The standard InChI is InChI=1S/C26H31FN4/c27-23-11-5-12-24(15-23)31-26(29-17-20-7-3-6-19(14-20)16-28)30-18-22-10-4-9-21-8-1-2-13-25(21)22/h1-2,4-5,8-13,15,19-20H,3,6-7,14,16-18,28H2,(H2,29,30,31). The van der Waals surface area contributed by atoms with Crippen molar-refractivity contribution in [2.24, 2.45) is 22.6 Å². The molecule has 2 unspecified atom stereocenters. The molecular formula is C26H31FN4. The summed E-state index contributed by atoms with van der Waals surface area (Å²) in [5.74, 6) is 1.61. The monoisotopic (exact) mass is 418 g/mol. The second kappa shape index (κ2) is 10.4. The molecule has 1 saturated carbocycles. The van der Waals surface area contributed by atoms with Gasteiger partial charge in [0.05, 0.1) is 6.54 Å². The number of benzene rings is 3. The van der Waals surface area contributed by atoms with E-state index >= 15 is 0 Å². The maximum atomic E-state index is 13.7. The number of nitrogens with two attached hydrogens (primary N) is 1. The van der Waals surface area contributed by atoms with Crippen molar-refractivity contribution < 1.29 is 4.39 Å². The van der Waals surface area contributed by atoms with Crippen molar-refractivity contribution >= 4 is 22.4 Å². The van der Waals surface area contributed by atoms with Gasteiger partial charge in [-0.1, -0.05) is 55.0 Å². The minimum atomic E-state index is -0.267. The van der Waals surface area contributed by atoms with Gasteiger partial charge in [0.25, 0.3) is 0 Å². The Morgan fingerprint density at radius 2 is 1.81 bits per heavy atom. The Morgan fingerprint density at radius 1 is 1.00 bits per heavy atom. The Balaban J connectivity index is 1.51. The summed E-state index contributed by atoms with van der Waals surface area (Å²) >= 11 is 0. The van der Waals surface area contributed by atoms with Gasteiger partial charge in [0.2, 0.25) is 0 Å². The van der Waals surface area contributed by atoms with E-state index in [0.717, 1.165) is 19.5 Å². The highest BCUT2D eigenvalue weighted by molar-refractivity contribution is 5.94. The molecule has 0 aromatic heterocycles. The molecule has 1 aliphatic carbocycles. The van der Waals surface area contributed by atoms with E-state index in [1.54, 1.807) is 6.07 Å². The molecule has 0 radical (unpaired) electrons. The third kappa shape index (κ3) is 5.82. The van der Waals surface area contributed by atoms with E-state index in [4.69, 9.17) is 10.7 Å². The largest absolute Gasteiger partial charge is 0.356 e. The summed E-state index contributed by atoms with van der Waals surface area (Å²) in [7, 11) is 0. The van der Waals surface area contributed by atoms with Gasteiger partial charge in [-0.25, -0.2) is 9.38 Å². The van der Waals surface area contributed by atoms with Gasteiger partial charge in [0.15, 0.2) is 5.96 Å². The topological polar surface area (TPSA) is 62.4 Å². The van der Waals surface area contributed by atoms with Crippen LogP contribution in [0.3, 0.4) is 0 Å². The van der Waals surface area contributed by atoms with Crippen molar-refractivity contribution in [3.05, 3.63) is 78.1 Å². The molecule has 3 aromatic carbocycles. The summed E-state index contributed by atoms with van der Waals surface area (Å²) in [5, 5.41) is 9.18. The first kappa shape index (κ1) is 21.3. The van der Waals surface area contributed by atoms with Crippen molar-refractivity contribution in [2.45, 2.75) is 32.2 Å². The fourth-order valence-electron chi connectivity index (χ4n) is 4.48. The zero-order valence-electron chi connectivity index (χ0n) is 17.9. The molecule has 0 saturated heterocycles. The van der Waals surface area contributed by atoms with Crippen molar-refractivity contribution in [2.75, 3.05) is 18.4 Å². The molecule has 1 aliphatic rings. The lowest BCUT2D eigenvalue weighted by Gasteiger charge is -2.29. The first-order chi connectivity index (χ1) is 15.2. The van der Waals surface area contributed by atoms with E-state index in [1.807, 2.05) is 12.1 Å². The third-order valence-corrected chi connectivity index (χ3v) is 6.16. The molecule has 3 aromatic rings. The number of hydrogen-bond donors (Lipinski definition) is 3. The maximum Gasteiger partial charge on any atom is 0.196 e. The number of rotatable bonds is 6. The predicted molar refractivity (Wildman–Crippen MR) is 128 cm³/mol. The maximum absolute atomic E-state index is 13.7. The van der Waals surface area contributed by atoms with Gasteiger partial charge in [-0.05, 0) is 72.2 Å². The second-order valence-corrected chi connectivity index (χ2v) is 8.45. The zero-order valence-corrected chi connectivity index (χ0v) is 17.9. The molecule has 4 N–H and O–H groups in total. The summed E-state index contributed by atoms with van der Waals surface area (Å²) in [6, 6.07) is 21.1. The molecule has 1 fully saturated rings. The summed E-state index contributed by atoms with van der Waals surface area (Å²) in [4.78, 5) is 4.84. The Bertz CT molecular complexity index is 1030. The van der Waals surface area contributed by atoms with Crippen molar-refractivity contribution in [3.8, 4) is 0 Å². The van der Waals surface area contributed by atoms with Gasteiger partial charge in [-0.3, -0.25) is 0 Å². The average Bonchev–Trinajstić information content (AvgIpc) is 2.81. The summed E-state index contributed by atoms with van der Waals surface area (Å²) < 4.78 is 13.7. The van der Waals surface area contributed by atoms with E-state index < -0.39 is 0 Å². The van der Waals surface area contributed by atoms with Crippen LogP contribution in [0, 0.1) is 17.7 Å². The van der Waals surface area contributed by atoms with Gasteiger partial charge >= 0.3 is 0 Å². The zero-order chi connectivity index (χ0) is 21.5. The fourth-order valence-corrected chi connectivity index (χ4v) is 4.48. The molecular weight excluding hydrogens is 387 g/mol. The van der Waals surface area contributed by atoms with Crippen LogP contribution in [0.25, 0.3) is 10.8 Å². The van der Waals surface area contributed by atoms with E-state index in [1.165, 1.54) is 47.7 Å². The Morgan fingerprint density at radius 3 is 2.68 bits per heavy atom. The van der Waals surface area contributed by atoms with Crippen molar-refractivity contribution in [1.29, 1.82) is 0 Å². The van der Waals surface area contributed by atoms with E-state index in [0.29, 0.717) is 30.0 Å². The molecule has 0 amide bonds. The van der Waals surface area contributed by atoms with Crippen LogP contribution in [-0.2, 0) is 6.54 Å². The van der Waals surface area contributed by atoms with Crippen LogP contribution in [0.4, 0.5) is 10.1 Å². The van der Waals surface area contributed by atoms with Crippen molar-refractivity contribution in [3.63, 3.8) is 0 Å². The number of hydrogen-bond acceptors (Lipinski definition) is 2. The minimum Gasteiger partial charge on any atom is -0.356 e. The average molecular weight is 419 g/mol. The number of nitrogens with one attached hydrogen (secondary N) is 2. The normalized spacial score (nSPS) is 19.4. The first-order valence-corrected chi connectivity index (χ1v) is 11.2. The van der Waals surface area contributed by atoms with Crippen LogP contribution in [0.15, 0.2) is 71.7 Å². The third-order valence-electron chi connectivity index (χ3n) is 6.16. The first-order valence-electron chi connectivity index (χ1n) is 11.2. The van der Waals surface area contributed by atoms with E-state index in [2.05, 4.69) is 47.0 Å². The molecule has 2 atom stereocenters. The number of halogens is 1. The summed E-state index contributed by atoms with van der Waals surface area (Å²) in [6.45, 7) is 2.15. The number of nitrogens with zero attached hydrogens (tertiary/aromatic N) is 1. The molecule has 0 heterocycles. The van der Waals surface area contributed by atoms with Gasteiger partial charge in [0.1, 0.15) is 5.82 Å². The van der Waals surface area contributed by atoms with Crippen LogP contribution in [0.1, 0.15) is 31.2 Å². The lowest BCUT2D eigenvalue weighted by Crippen LogP contribution is -2.37. The van der Waals surface area contributed by atoms with Crippen LogP contribution in [0.2, 0.25) is 0 Å². The molecule has 4 nitrogen and oxygen atoms in total. The van der Waals surface area contributed by atoms with Crippen LogP contribution in [-0.4, -0.2) is 19.0 Å². The number of anilines is 1. The van der Waals surface area contributed by atoms with E-state index in [-0.39, 0.29) is 5.82 Å². The smallest absolute Gasteiger partial charge is 0.196 e. The second-order valence-electron chi connectivity index (χ2n) is 8.45. The van der Waals surface area contributed by atoms with Crippen LogP contribution < -0.4 is 16.4 Å². The summed E-state index contributed by atoms with van der Waals surface area (Å²) in [6.07, 6.45) is 4.82. The molecule has 0 spiro atoms. The van der Waals surface area contributed by atoms with Gasteiger partial charge < -0.3 is 16.4 Å². The fraction of sp³-hybridized carbons (Fsp3) is 0.346. The highest BCUT2D eigenvalue weighted by Crippen LogP contribution is 2.28. The minimum absolute atomic E-state index is 0.267. The highest BCUT2D eigenvalue weighted by Gasteiger charge is 2.21.